The van der Waals surface area contributed by atoms with Crippen molar-refractivity contribution in [1.82, 2.24) is 31.1 Å². The summed E-state index contributed by atoms with van der Waals surface area (Å²) in [5.41, 5.74) is 1.18. The molecule has 0 unspecified atom stereocenters. The number of fused-ring (bicyclic) bond motifs is 2. The molecule has 0 atom stereocenters. The average Bonchev–Trinajstić information content (AvgIpc) is 2.94. The largest absolute Gasteiger partial charge is 0.465 e. The van der Waals surface area contributed by atoms with Gasteiger partial charge in [0.2, 0.25) is 5.91 Å². The van der Waals surface area contributed by atoms with Gasteiger partial charge in [0.1, 0.15) is 0 Å². The molecule has 0 aromatic heterocycles. The lowest BCUT2D eigenvalue weighted by Crippen LogP contribution is -2.46. The first kappa shape index (κ1) is 32.7. The number of carbonyl (C=O) groups is 2. The van der Waals surface area contributed by atoms with Crippen molar-refractivity contribution in [1.29, 1.82) is 0 Å². The zero-order chi connectivity index (χ0) is 28.0. The number of halogens is 1. The Labute approximate surface area is 249 Å². The van der Waals surface area contributed by atoms with Crippen molar-refractivity contribution in [3.63, 3.8) is 0 Å². The molecule has 3 aromatic carbocycles. The molecular weight excluding hydrogens is 540 g/mol. The number of ether oxygens (including phenoxy) is 1. The Kier molecular flexibility index (Phi) is 14.3. The highest BCUT2D eigenvalue weighted by Gasteiger charge is 2.17. The van der Waals surface area contributed by atoms with Crippen LogP contribution in [0.4, 0.5) is 0 Å². The fourth-order valence-electron chi connectivity index (χ4n) is 5.19. The van der Waals surface area contributed by atoms with Gasteiger partial charge in [-0.15, -0.1) is 12.4 Å². The van der Waals surface area contributed by atoms with Gasteiger partial charge in [-0.2, -0.15) is 0 Å². The van der Waals surface area contributed by atoms with Gasteiger partial charge >= 0.3 is 5.97 Å². The second kappa shape index (κ2) is 17.9. The van der Waals surface area contributed by atoms with Gasteiger partial charge in [-0.05, 0) is 40.1 Å². The van der Waals surface area contributed by atoms with Crippen molar-refractivity contribution in [3.8, 4) is 0 Å². The maximum absolute atomic E-state index is 12.9. The van der Waals surface area contributed by atoms with E-state index in [0.717, 1.165) is 52.4 Å². The second-order valence-corrected chi connectivity index (χ2v) is 10.2. The van der Waals surface area contributed by atoms with Crippen LogP contribution >= 0.6 is 12.4 Å². The molecule has 0 aliphatic carbocycles. The summed E-state index contributed by atoms with van der Waals surface area (Å²) in [5.74, 6) is -0.256. The van der Waals surface area contributed by atoms with E-state index in [9.17, 15) is 9.59 Å². The smallest absolute Gasteiger partial charge is 0.320 e. The number of esters is 1. The molecule has 1 fully saturated rings. The maximum Gasteiger partial charge on any atom is 0.320 e. The van der Waals surface area contributed by atoms with Gasteiger partial charge < -0.3 is 26.0 Å². The maximum atomic E-state index is 12.9. The van der Waals surface area contributed by atoms with Crippen LogP contribution in [0, 0.1) is 0 Å². The Hall–Kier alpha value is -2.79. The summed E-state index contributed by atoms with van der Waals surface area (Å²) in [4.78, 5) is 29.7. The molecule has 0 bridgehead atoms. The van der Waals surface area contributed by atoms with Gasteiger partial charge in [-0.25, -0.2) is 0 Å². The Morgan fingerprint density at radius 2 is 1.44 bits per heavy atom. The third-order valence-corrected chi connectivity index (χ3v) is 7.21. The van der Waals surface area contributed by atoms with Crippen molar-refractivity contribution < 1.29 is 14.3 Å². The normalized spacial score (nSPS) is 15.6. The van der Waals surface area contributed by atoms with Gasteiger partial charge in [0, 0.05) is 72.0 Å². The third kappa shape index (κ3) is 10.5. The summed E-state index contributed by atoms with van der Waals surface area (Å²) in [6.45, 7) is 11.3. The molecule has 0 radical (unpaired) electrons. The fourth-order valence-corrected chi connectivity index (χ4v) is 5.19. The molecule has 224 valence electrons. The van der Waals surface area contributed by atoms with Gasteiger partial charge in [0.15, 0.2) is 0 Å². The molecule has 1 saturated heterocycles. The van der Waals surface area contributed by atoms with Crippen LogP contribution in [0.3, 0.4) is 0 Å². The minimum atomic E-state index is -0.257. The molecule has 0 spiro atoms. The number of hydrogen-bond donors (Lipinski definition) is 4. The molecule has 1 amide bonds. The summed E-state index contributed by atoms with van der Waals surface area (Å²) in [6, 6.07) is 18.9. The lowest BCUT2D eigenvalue weighted by molar-refractivity contribution is -0.144. The molecule has 1 aliphatic rings. The van der Waals surface area contributed by atoms with Crippen molar-refractivity contribution in [3.05, 3.63) is 60.2 Å². The Morgan fingerprint density at radius 1 is 0.878 bits per heavy atom. The summed E-state index contributed by atoms with van der Waals surface area (Å²) >= 11 is 0. The number of nitrogens with zero attached hydrogens (tertiary/aromatic N) is 2. The number of amides is 1. The van der Waals surface area contributed by atoms with E-state index in [2.05, 4.69) is 85.7 Å². The zero-order valence-electron chi connectivity index (χ0n) is 24.1. The van der Waals surface area contributed by atoms with Crippen LogP contribution in [-0.4, -0.2) is 107 Å². The lowest BCUT2D eigenvalue weighted by Gasteiger charge is -2.25. The predicted octanol–water partition coefficient (Wildman–Crippen LogP) is 1.98. The minimum absolute atomic E-state index is 0. The molecule has 10 heteroatoms. The summed E-state index contributed by atoms with van der Waals surface area (Å²) < 4.78 is 5.28. The van der Waals surface area contributed by atoms with Crippen LogP contribution in [0.1, 0.15) is 12.5 Å². The van der Waals surface area contributed by atoms with Crippen LogP contribution in [0.15, 0.2) is 54.6 Å². The lowest BCUT2D eigenvalue weighted by atomic mass is 9.96. The molecule has 0 saturated carbocycles. The fraction of sp³-hybridized carbons (Fsp3) is 0.484. The molecule has 41 heavy (non-hydrogen) atoms. The SMILES string of the molecule is CCOC(=O)CN(CCNC(=O)CN1CCNCCNCCNCC1)Cc1c2ccccc2cc2ccccc12.Cl. The molecule has 4 rings (SSSR count). The van der Waals surface area contributed by atoms with Crippen LogP contribution < -0.4 is 21.3 Å². The van der Waals surface area contributed by atoms with Gasteiger partial charge in [-0.3, -0.25) is 19.4 Å². The van der Waals surface area contributed by atoms with Crippen LogP contribution in [0.25, 0.3) is 21.5 Å². The number of rotatable bonds is 10. The van der Waals surface area contributed by atoms with Crippen LogP contribution in [0.2, 0.25) is 0 Å². The van der Waals surface area contributed by atoms with E-state index in [1.165, 1.54) is 27.1 Å². The summed E-state index contributed by atoms with van der Waals surface area (Å²) in [6.07, 6.45) is 0. The van der Waals surface area contributed by atoms with E-state index >= 15 is 0 Å². The van der Waals surface area contributed by atoms with E-state index in [-0.39, 0.29) is 30.8 Å². The number of carbonyl (C=O) groups excluding carboxylic acids is 2. The van der Waals surface area contributed by atoms with E-state index in [4.69, 9.17) is 4.74 Å². The Bertz CT molecular complexity index is 1180. The summed E-state index contributed by atoms with van der Waals surface area (Å²) in [5, 5.41) is 18.0. The molecule has 1 heterocycles. The van der Waals surface area contributed by atoms with E-state index in [1.807, 2.05) is 6.92 Å². The minimum Gasteiger partial charge on any atom is -0.465 e. The van der Waals surface area contributed by atoms with E-state index < -0.39 is 0 Å². The highest BCUT2D eigenvalue weighted by molar-refractivity contribution is 6.02. The predicted molar refractivity (Wildman–Crippen MR) is 169 cm³/mol. The number of benzene rings is 3. The van der Waals surface area contributed by atoms with E-state index in [0.29, 0.717) is 32.8 Å². The molecular formula is C31H45ClN6O3. The van der Waals surface area contributed by atoms with Crippen molar-refractivity contribution in [2.75, 3.05) is 85.1 Å². The highest BCUT2D eigenvalue weighted by Crippen LogP contribution is 2.29. The number of hydrogen-bond acceptors (Lipinski definition) is 8. The molecule has 4 N–H and O–H groups in total. The van der Waals surface area contributed by atoms with Crippen molar-refractivity contribution in [2.45, 2.75) is 13.5 Å². The van der Waals surface area contributed by atoms with Gasteiger partial charge in [-0.1, -0.05) is 48.5 Å². The first-order chi connectivity index (χ1) is 19.6. The van der Waals surface area contributed by atoms with Crippen LogP contribution in [-0.2, 0) is 20.9 Å². The Balaban J connectivity index is 0.00000462. The standard InChI is InChI=1S/C31H44N6O3.ClH/c1-2-40-31(39)24-37(22-29-27-9-5-3-7-25(27)21-26-8-4-6-10-28(26)29)20-17-35-30(38)23-36-18-15-33-13-11-32-12-14-34-16-19-36;/h3-10,21,32-34H,2,11-20,22-24H2,1H3,(H,35,38);1H. The van der Waals surface area contributed by atoms with E-state index in [1.54, 1.807) is 0 Å². The monoisotopic (exact) mass is 584 g/mol. The third-order valence-electron chi connectivity index (χ3n) is 7.21. The van der Waals surface area contributed by atoms with Crippen molar-refractivity contribution in [2.24, 2.45) is 0 Å². The average molecular weight is 585 g/mol. The molecule has 1 aliphatic heterocycles. The zero-order valence-corrected chi connectivity index (χ0v) is 24.9. The van der Waals surface area contributed by atoms with Gasteiger partial charge in [0.25, 0.3) is 0 Å². The van der Waals surface area contributed by atoms with Crippen molar-refractivity contribution >= 4 is 45.8 Å². The molecule has 9 nitrogen and oxygen atoms in total. The van der Waals surface area contributed by atoms with Crippen LogP contribution in [0.5, 0.6) is 0 Å². The second-order valence-electron chi connectivity index (χ2n) is 10.2. The molecule has 3 aromatic rings. The highest BCUT2D eigenvalue weighted by atomic mass is 35.5. The quantitative estimate of drug-likeness (QED) is 0.212. The Morgan fingerprint density at radius 3 is 2.02 bits per heavy atom. The first-order valence-corrected chi connectivity index (χ1v) is 14.5. The van der Waals surface area contributed by atoms with Gasteiger partial charge in [0.05, 0.1) is 19.7 Å². The topological polar surface area (TPSA) is 98.0 Å². The first-order valence-electron chi connectivity index (χ1n) is 14.5. The summed E-state index contributed by atoms with van der Waals surface area (Å²) in [7, 11) is 0. The number of nitrogens with one attached hydrogen (secondary N) is 4.